The van der Waals surface area contributed by atoms with Crippen molar-refractivity contribution in [3.63, 3.8) is 0 Å². The Morgan fingerprint density at radius 2 is 1.78 bits per heavy atom. The van der Waals surface area contributed by atoms with Crippen molar-refractivity contribution in [1.82, 2.24) is 4.72 Å². The van der Waals surface area contributed by atoms with Gasteiger partial charge in [-0.3, -0.25) is 0 Å². The van der Waals surface area contributed by atoms with Crippen LogP contribution in [0.5, 0.6) is 0 Å². The van der Waals surface area contributed by atoms with Crippen LogP contribution in [-0.4, -0.2) is 23.4 Å². The first-order valence-electron chi connectivity index (χ1n) is 4.50. The van der Waals surface area contributed by atoms with Gasteiger partial charge in [0, 0.05) is 22.3 Å². The average molecular weight is 330 g/mol. The monoisotopic (exact) mass is 329 g/mol. The molecule has 1 aromatic rings. The first-order chi connectivity index (χ1) is 8.13. The van der Waals surface area contributed by atoms with E-state index < -0.39 is 19.1 Å². The van der Waals surface area contributed by atoms with E-state index in [-0.39, 0.29) is 21.4 Å². The number of rotatable bonds is 5. The average Bonchev–Trinajstić information content (AvgIpc) is 2.26. The van der Waals surface area contributed by atoms with Crippen LogP contribution in [0.3, 0.4) is 0 Å². The Bertz CT molecular complexity index is 668. The van der Waals surface area contributed by atoms with Crippen LogP contribution in [0, 0.1) is 0 Å². The molecule has 0 bridgehead atoms. The number of hydrogen-bond donors (Lipinski definition) is 1. The maximum atomic E-state index is 11.8. The zero-order valence-electron chi connectivity index (χ0n) is 8.93. The largest absolute Gasteiger partial charge is 0.261 e. The lowest BCUT2D eigenvalue weighted by Crippen LogP contribution is -2.24. The summed E-state index contributed by atoms with van der Waals surface area (Å²) in [6.45, 7) is 3.18. The Labute approximate surface area is 115 Å². The second kappa shape index (κ2) is 5.58. The summed E-state index contributed by atoms with van der Waals surface area (Å²) in [6.07, 6.45) is 0. The molecular formula is C9H9Cl2NO4S2. The number of halogens is 2. The first kappa shape index (κ1) is 15.5. The molecule has 1 aromatic carbocycles. The van der Waals surface area contributed by atoms with Gasteiger partial charge in [0.2, 0.25) is 10.0 Å². The van der Waals surface area contributed by atoms with E-state index >= 15 is 0 Å². The SMILES string of the molecule is C=C(Cl)CNS(=O)(=O)c1cccc(S(=O)(=O)Cl)c1. The topological polar surface area (TPSA) is 80.3 Å². The summed E-state index contributed by atoms with van der Waals surface area (Å²) in [5.74, 6) is 0. The number of sulfonamides is 1. The van der Waals surface area contributed by atoms with Gasteiger partial charge in [0.05, 0.1) is 9.79 Å². The standard InChI is InChI=1S/C9H9Cl2NO4S2/c1-7(10)6-12-18(15,16)9-4-2-3-8(5-9)17(11,13)14/h2-5,12H,1,6H2. The second-order valence-electron chi connectivity index (χ2n) is 3.25. The van der Waals surface area contributed by atoms with E-state index in [0.29, 0.717) is 0 Å². The van der Waals surface area contributed by atoms with Gasteiger partial charge < -0.3 is 0 Å². The normalized spacial score (nSPS) is 12.3. The van der Waals surface area contributed by atoms with Crippen LogP contribution in [0.15, 0.2) is 45.7 Å². The van der Waals surface area contributed by atoms with Gasteiger partial charge in [-0.15, -0.1) is 0 Å². The van der Waals surface area contributed by atoms with Gasteiger partial charge in [0.1, 0.15) is 0 Å². The molecule has 1 rings (SSSR count). The molecule has 9 heteroatoms. The number of benzene rings is 1. The molecule has 18 heavy (non-hydrogen) atoms. The van der Waals surface area contributed by atoms with E-state index in [2.05, 4.69) is 11.3 Å². The minimum absolute atomic E-state index is 0.111. The van der Waals surface area contributed by atoms with Crippen molar-refractivity contribution >= 4 is 41.4 Å². The highest BCUT2D eigenvalue weighted by Gasteiger charge is 2.17. The quantitative estimate of drug-likeness (QED) is 0.833. The minimum Gasteiger partial charge on any atom is -0.207 e. The predicted octanol–water partition coefficient (Wildman–Crippen LogP) is 1.64. The molecule has 0 aromatic heterocycles. The molecule has 100 valence electrons. The molecular weight excluding hydrogens is 321 g/mol. The molecule has 0 aliphatic rings. The second-order valence-corrected chi connectivity index (χ2v) is 8.12. The molecule has 0 aliphatic carbocycles. The fourth-order valence-corrected chi connectivity index (χ4v) is 3.14. The predicted molar refractivity (Wildman–Crippen MR) is 69.7 cm³/mol. The Balaban J connectivity index is 3.15. The Morgan fingerprint density at radius 3 is 2.28 bits per heavy atom. The van der Waals surface area contributed by atoms with Crippen LogP contribution in [0.1, 0.15) is 0 Å². The van der Waals surface area contributed by atoms with Crippen LogP contribution >= 0.6 is 22.3 Å². The van der Waals surface area contributed by atoms with Gasteiger partial charge in [-0.1, -0.05) is 24.2 Å². The van der Waals surface area contributed by atoms with Crippen LogP contribution < -0.4 is 4.72 Å². The van der Waals surface area contributed by atoms with Gasteiger partial charge in [0.25, 0.3) is 9.05 Å². The molecule has 0 amide bonds. The smallest absolute Gasteiger partial charge is 0.207 e. The summed E-state index contributed by atoms with van der Waals surface area (Å²) < 4.78 is 47.9. The molecule has 0 heterocycles. The molecule has 0 saturated carbocycles. The Kier molecular flexibility index (Phi) is 4.79. The molecule has 0 unspecified atom stereocenters. The maximum absolute atomic E-state index is 11.8. The van der Waals surface area contributed by atoms with Crippen LogP contribution in [0.4, 0.5) is 0 Å². The van der Waals surface area contributed by atoms with E-state index in [0.717, 1.165) is 6.07 Å². The summed E-state index contributed by atoms with van der Waals surface area (Å²) in [7, 11) is -2.71. The van der Waals surface area contributed by atoms with Gasteiger partial charge in [-0.25, -0.2) is 21.6 Å². The molecule has 0 atom stereocenters. The number of nitrogens with one attached hydrogen (secondary N) is 1. The fourth-order valence-electron chi connectivity index (χ4n) is 1.05. The summed E-state index contributed by atoms with van der Waals surface area (Å²) in [5, 5.41) is 0.111. The van der Waals surface area contributed by atoms with Crippen molar-refractivity contribution in [2.45, 2.75) is 9.79 Å². The Hall–Kier alpha value is -0.600. The molecule has 1 N–H and O–H groups in total. The first-order valence-corrected chi connectivity index (χ1v) is 8.67. The van der Waals surface area contributed by atoms with Crippen molar-refractivity contribution in [3.8, 4) is 0 Å². The summed E-state index contributed by atoms with van der Waals surface area (Å²) in [5.41, 5.74) is 0. The lowest BCUT2D eigenvalue weighted by atomic mass is 10.4. The number of hydrogen-bond acceptors (Lipinski definition) is 4. The lowest BCUT2D eigenvalue weighted by molar-refractivity contribution is 0.585. The highest BCUT2D eigenvalue weighted by molar-refractivity contribution is 8.13. The molecule has 0 aliphatic heterocycles. The summed E-state index contributed by atoms with van der Waals surface area (Å²) in [4.78, 5) is -0.515. The van der Waals surface area contributed by atoms with Gasteiger partial charge in [-0.2, -0.15) is 0 Å². The van der Waals surface area contributed by atoms with Crippen molar-refractivity contribution in [2.24, 2.45) is 0 Å². The van der Waals surface area contributed by atoms with Crippen molar-refractivity contribution in [3.05, 3.63) is 35.9 Å². The molecule has 0 saturated heterocycles. The summed E-state index contributed by atoms with van der Waals surface area (Å²) >= 11 is 5.44. The third kappa shape index (κ3) is 4.25. The molecule has 0 radical (unpaired) electrons. The fraction of sp³-hybridized carbons (Fsp3) is 0.111. The zero-order valence-corrected chi connectivity index (χ0v) is 12.1. The van der Waals surface area contributed by atoms with Crippen LogP contribution in [0.2, 0.25) is 0 Å². The molecule has 5 nitrogen and oxygen atoms in total. The van der Waals surface area contributed by atoms with E-state index in [4.69, 9.17) is 22.3 Å². The minimum atomic E-state index is -3.98. The molecule has 0 fully saturated rings. The van der Waals surface area contributed by atoms with Crippen LogP contribution in [-0.2, 0) is 19.1 Å². The highest BCUT2D eigenvalue weighted by atomic mass is 35.7. The van der Waals surface area contributed by atoms with E-state index in [1.54, 1.807) is 0 Å². The summed E-state index contributed by atoms with van der Waals surface area (Å²) in [6, 6.07) is 4.67. The van der Waals surface area contributed by atoms with Gasteiger partial charge in [0.15, 0.2) is 0 Å². The van der Waals surface area contributed by atoms with Crippen molar-refractivity contribution < 1.29 is 16.8 Å². The highest BCUT2D eigenvalue weighted by Crippen LogP contribution is 2.19. The Morgan fingerprint density at radius 1 is 1.22 bits per heavy atom. The maximum Gasteiger partial charge on any atom is 0.261 e. The van der Waals surface area contributed by atoms with Crippen LogP contribution in [0.25, 0.3) is 0 Å². The van der Waals surface area contributed by atoms with E-state index in [1.165, 1.54) is 18.2 Å². The van der Waals surface area contributed by atoms with Gasteiger partial charge >= 0.3 is 0 Å². The van der Waals surface area contributed by atoms with E-state index in [1.807, 2.05) is 0 Å². The van der Waals surface area contributed by atoms with Crippen molar-refractivity contribution in [1.29, 1.82) is 0 Å². The van der Waals surface area contributed by atoms with Crippen molar-refractivity contribution in [2.75, 3.05) is 6.54 Å². The van der Waals surface area contributed by atoms with E-state index in [9.17, 15) is 16.8 Å². The lowest BCUT2D eigenvalue weighted by Gasteiger charge is -2.06. The molecule has 0 spiro atoms. The zero-order chi connectivity index (χ0) is 14.0. The third-order valence-corrected chi connectivity index (χ3v) is 4.74. The third-order valence-electron chi connectivity index (χ3n) is 1.85. The van der Waals surface area contributed by atoms with Gasteiger partial charge in [-0.05, 0) is 18.2 Å².